The highest BCUT2D eigenvalue weighted by Gasteiger charge is 2.17. The summed E-state index contributed by atoms with van der Waals surface area (Å²) in [5.41, 5.74) is 0.901. The SMILES string of the molecule is Clc1cc(Cl)cc(-c2ccc(C[NH2+]C[C@@H]3CCCO3)o2)c1. The maximum Gasteiger partial charge on any atom is 0.158 e. The molecule has 1 fully saturated rings. The molecule has 0 radical (unpaired) electrons. The Kier molecular flexibility index (Phi) is 4.86. The van der Waals surface area contributed by atoms with Crippen LogP contribution < -0.4 is 5.32 Å². The monoisotopic (exact) mass is 326 g/mol. The highest BCUT2D eigenvalue weighted by molar-refractivity contribution is 6.35. The Balaban J connectivity index is 1.60. The maximum atomic E-state index is 6.02. The summed E-state index contributed by atoms with van der Waals surface area (Å²) in [6.45, 7) is 2.70. The number of hydrogen-bond donors (Lipinski definition) is 1. The second-order valence-corrected chi connectivity index (χ2v) is 6.16. The lowest BCUT2D eigenvalue weighted by molar-refractivity contribution is -0.677. The zero-order valence-corrected chi connectivity index (χ0v) is 13.2. The van der Waals surface area contributed by atoms with Crippen molar-refractivity contribution in [3.8, 4) is 11.3 Å². The topological polar surface area (TPSA) is 39.0 Å². The summed E-state index contributed by atoms with van der Waals surface area (Å²) in [6, 6.07) is 9.37. The minimum Gasteiger partial charge on any atom is -0.455 e. The standard InChI is InChI=1S/C16H17Cl2NO2/c17-12-6-11(7-13(18)8-12)16-4-3-15(21-16)10-19-9-14-2-1-5-20-14/h3-4,6-8,14,19H,1-2,5,9-10H2/p+1/t14-/m0/s1. The van der Waals surface area contributed by atoms with Crippen molar-refractivity contribution in [1.29, 1.82) is 0 Å². The van der Waals surface area contributed by atoms with Crippen LogP contribution in [0.5, 0.6) is 0 Å². The number of rotatable bonds is 5. The number of quaternary nitrogens is 1. The van der Waals surface area contributed by atoms with Crippen molar-refractivity contribution in [2.75, 3.05) is 13.2 Å². The molecule has 0 unspecified atom stereocenters. The summed E-state index contributed by atoms with van der Waals surface area (Å²) in [6.07, 6.45) is 2.74. The van der Waals surface area contributed by atoms with Gasteiger partial charge in [-0.3, -0.25) is 0 Å². The van der Waals surface area contributed by atoms with E-state index in [4.69, 9.17) is 32.4 Å². The van der Waals surface area contributed by atoms with Gasteiger partial charge in [0.05, 0.1) is 0 Å². The molecular formula is C16H18Cl2NO2+. The molecule has 5 heteroatoms. The first kappa shape index (κ1) is 14.9. The van der Waals surface area contributed by atoms with Gasteiger partial charge in [-0.25, -0.2) is 0 Å². The lowest BCUT2D eigenvalue weighted by Gasteiger charge is -2.06. The van der Waals surface area contributed by atoms with Gasteiger partial charge in [-0.05, 0) is 43.2 Å². The van der Waals surface area contributed by atoms with Crippen LogP contribution in [0.15, 0.2) is 34.7 Å². The summed E-state index contributed by atoms with van der Waals surface area (Å²) in [4.78, 5) is 0. The third kappa shape index (κ3) is 4.01. The molecule has 0 aliphatic carbocycles. The Labute approximate surface area is 134 Å². The Morgan fingerprint density at radius 2 is 1.95 bits per heavy atom. The average Bonchev–Trinajstić information content (AvgIpc) is 3.09. The molecule has 0 amide bonds. The van der Waals surface area contributed by atoms with Gasteiger partial charge in [0.1, 0.15) is 25.0 Å². The van der Waals surface area contributed by atoms with E-state index >= 15 is 0 Å². The second kappa shape index (κ2) is 6.84. The molecule has 0 bridgehead atoms. The van der Waals surface area contributed by atoms with Crippen molar-refractivity contribution in [2.24, 2.45) is 0 Å². The first-order chi connectivity index (χ1) is 10.2. The van der Waals surface area contributed by atoms with E-state index in [0.29, 0.717) is 16.1 Å². The molecule has 3 rings (SSSR count). The predicted octanol–water partition coefficient (Wildman–Crippen LogP) is 3.50. The lowest BCUT2D eigenvalue weighted by Crippen LogP contribution is -2.84. The van der Waals surface area contributed by atoms with Crippen LogP contribution in [0.2, 0.25) is 10.0 Å². The van der Waals surface area contributed by atoms with Crippen molar-refractivity contribution in [2.45, 2.75) is 25.5 Å². The molecule has 3 nitrogen and oxygen atoms in total. The van der Waals surface area contributed by atoms with Crippen molar-refractivity contribution < 1.29 is 14.5 Å². The van der Waals surface area contributed by atoms with Gasteiger partial charge in [0, 0.05) is 22.2 Å². The maximum absolute atomic E-state index is 6.02. The first-order valence-corrected chi connectivity index (χ1v) is 7.95. The Morgan fingerprint density at radius 1 is 1.14 bits per heavy atom. The Hall–Kier alpha value is -1.00. The van der Waals surface area contributed by atoms with Gasteiger partial charge in [-0.15, -0.1) is 0 Å². The van der Waals surface area contributed by atoms with Gasteiger partial charge < -0.3 is 14.5 Å². The molecule has 0 saturated carbocycles. The number of benzene rings is 1. The van der Waals surface area contributed by atoms with Crippen LogP contribution in [-0.2, 0) is 11.3 Å². The molecule has 1 aromatic heterocycles. The fourth-order valence-electron chi connectivity index (χ4n) is 2.58. The van der Waals surface area contributed by atoms with Gasteiger partial charge in [-0.2, -0.15) is 0 Å². The van der Waals surface area contributed by atoms with E-state index in [9.17, 15) is 0 Å². The van der Waals surface area contributed by atoms with E-state index < -0.39 is 0 Å². The molecule has 2 heterocycles. The molecule has 21 heavy (non-hydrogen) atoms. The number of nitrogens with two attached hydrogens (primary N) is 1. The van der Waals surface area contributed by atoms with Gasteiger partial charge in [0.15, 0.2) is 5.76 Å². The quantitative estimate of drug-likeness (QED) is 0.913. The predicted molar refractivity (Wildman–Crippen MR) is 83.6 cm³/mol. The summed E-state index contributed by atoms with van der Waals surface area (Å²) >= 11 is 12.0. The summed E-state index contributed by atoms with van der Waals surface area (Å²) in [5.74, 6) is 1.74. The molecule has 2 aromatic rings. The van der Waals surface area contributed by atoms with Crippen LogP contribution in [0.4, 0.5) is 0 Å². The van der Waals surface area contributed by atoms with E-state index in [1.807, 2.05) is 24.3 Å². The smallest absolute Gasteiger partial charge is 0.158 e. The normalized spacial score (nSPS) is 18.3. The lowest BCUT2D eigenvalue weighted by atomic mass is 10.2. The molecule has 0 spiro atoms. The number of ether oxygens (including phenoxy) is 1. The van der Waals surface area contributed by atoms with Gasteiger partial charge in [-0.1, -0.05) is 23.2 Å². The summed E-state index contributed by atoms with van der Waals surface area (Å²) < 4.78 is 11.5. The third-order valence-electron chi connectivity index (χ3n) is 3.61. The Bertz CT molecular complexity index is 586. The number of halogens is 2. The first-order valence-electron chi connectivity index (χ1n) is 7.19. The number of hydrogen-bond acceptors (Lipinski definition) is 2. The zero-order chi connectivity index (χ0) is 14.7. The fraction of sp³-hybridized carbons (Fsp3) is 0.375. The minimum atomic E-state index is 0.395. The van der Waals surface area contributed by atoms with Crippen molar-refractivity contribution in [3.63, 3.8) is 0 Å². The average molecular weight is 327 g/mol. The van der Waals surface area contributed by atoms with Crippen LogP contribution in [-0.4, -0.2) is 19.3 Å². The number of furan rings is 1. The van der Waals surface area contributed by atoms with Crippen LogP contribution in [0.1, 0.15) is 18.6 Å². The van der Waals surface area contributed by atoms with E-state index in [1.165, 1.54) is 12.8 Å². The molecule has 1 aliphatic rings. The largest absolute Gasteiger partial charge is 0.455 e. The molecular weight excluding hydrogens is 309 g/mol. The van der Waals surface area contributed by atoms with Crippen LogP contribution in [0, 0.1) is 0 Å². The van der Waals surface area contributed by atoms with E-state index in [0.717, 1.165) is 36.8 Å². The fourth-order valence-corrected chi connectivity index (χ4v) is 3.11. The third-order valence-corrected chi connectivity index (χ3v) is 4.04. The minimum absolute atomic E-state index is 0.395. The van der Waals surface area contributed by atoms with Gasteiger partial charge >= 0.3 is 0 Å². The molecule has 1 aliphatic heterocycles. The summed E-state index contributed by atoms with van der Waals surface area (Å²) in [5, 5.41) is 3.45. The van der Waals surface area contributed by atoms with Crippen LogP contribution in [0.3, 0.4) is 0 Å². The van der Waals surface area contributed by atoms with Gasteiger partial charge in [0.25, 0.3) is 0 Å². The second-order valence-electron chi connectivity index (χ2n) is 5.29. The molecule has 1 aromatic carbocycles. The highest BCUT2D eigenvalue weighted by Crippen LogP contribution is 2.28. The molecule has 112 valence electrons. The zero-order valence-electron chi connectivity index (χ0n) is 11.6. The molecule has 2 N–H and O–H groups in total. The van der Waals surface area contributed by atoms with Gasteiger partial charge in [0.2, 0.25) is 0 Å². The van der Waals surface area contributed by atoms with Crippen molar-refractivity contribution in [1.82, 2.24) is 0 Å². The van der Waals surface area contributed by atoms with E-state index in [1.54, 1.807) is 6.07 Å². The van der Waals surface area contributed by atoms with Crippen LogP contribution in [0.25, 0.3) is 11.3 Å². The van der Waals surface area contributed by atoms with E-state index in [2.05, 4.69) is 5.32 Å². The molecule has 1 saturated heterocycles. The Morgan fingerprint density at radius 3 is 2.67 bits per heavy atom. The van der Waals surface area contributed by atoms with E-state index in [-0.39, 0.29) is 0 Å². The van der Waals surface area contributed by atoms with Crippen molar-refractivity contribution in [3.05, 3.63) is 46.1 Å². The highest BCUT2D eigenvalue weighted by atomic mass is 35.5. The molecule has 1 atom stereocenters. The summed E-state index contributed by atoms with van der Waals surface area (Å²) in [7, 11) is 0. The van der Waals surface area contributed by atoms with Crippen LogP contribution >= 0.6 is 23.2 Å². The van der Waals surface area contributed by atoms with Crippen molar-refractivity contribution >= 4 is 23.2 Å².